The second-order valence-corrected chi connectivity index (χ2v) is 3.00. The summed E-state index contributed by atoms with van der Waals surface area (Å²) < 4.78 is 0. The number of nitrogens with one attached hydrogen (secondary N) is 3. The van der Waals surface area contributed by atoms with Gasteiger partial charge < -0.3 is 15.7 Å². The molecular weight excluding hydrogens is 214 g/mol. The molecule has 0 aliphatic carbocycles. The van der Waals surface area contributed by atoms with E-state index in [0.717, 1.165) is 0 Å². The molecule has 16 heavy (non-hydrogen) atoms. The molecule has 8 heteroatoms. The molecule has 8 nitrogen and oxygen atoms in total. The zero-order chi connectivity index (χ0) is 12.2. The minimum atomic E-state index is -1.06. The molecule has 90 valence electrons. The van der Waals surface area contributed by atoms with Gasteiger partial charge in [-0.2, -0.15) is 0 Å². The predicted molar refractivity (Wildman–Crippen MR) is 55.0 cm³/mol. The lowest BCUT2D eigenvalue weighted by molar-refractivity contribution is -0.121. The van der Waals surface area contributed by atoms with Crippen LogP contribution in [0, 0.1) is 5.53 Å². The molecular formula is C8H16N5O3+. The second kappa shape index (κ2) is 9.60. The SMILES string of the molecule is N=[N+]=NCCCC(=O)NCCCNC(=O)O. The Balaban J connectivity index is 3.30. The van der Waals surface area contributed by atoms with Crippen molar-refractivity contribution in [2.24, 2.45) is 5.11 Å². The van der Waals surface area contributed by atoms with E-state index in [0.29, 0.717) is 38.9 Å². The molecule has 0 saturated carbocycles. The molecule has 0 rings (SSSR count). The average Bonchev–Trinajstić information content (AvgIpc) is 2.23. The van der Waals surface area contributed by atoms with Gasteiger partial charge in [-0.3, -0.25) is 4.79 Å². The predicted octanol–water partition coefficient (Wildman–Crippen LogP) is 0.0909. The zero-order valence-electron chi connectivity index (χ0n) is 8.90. The fourth-order valence-corrected chi connectivity index (χ4v) is 0.960. The molecule has 0 unspecified atom stereocenters. The van der Waals surface area contributed by atoms with Crippen molar-refractivity contribution < 1.29 is 14.7 Å². The standard InChI is InChI=1S/C8H15N5O3/c9-13-12-6-1-3-7(14)10-4-2-5-11-8(15)16/h9,11H,1-6H2,(H-,10,14,15,16)/p+1. The Morgan fingerprint density at radius 2 is 1.94 bits per heavy atom. The van der Waals surface area contributed by atoms with Crippen LogP contribution in [0.1, 0.15) is 19.3 Å². The molecule has 0 aliphatic rings. The smallest absolute Gasteiger partial charge is 0.404 e. The van der Waals surface area contributed by atoms with Crippen LogP contribution in [0.15, 0.2) is 5.11 Å². The van der Waals surface area contributed by atoms with Crippen LogP contribution in [0.25, 0.3) is 0 Å². The van der Waals surface area contributed by atoms with Gasteiger partial charge in [-0.05, 0) is 12.8 Å². The highest BCUT2D eigenvalue weighted by Gasteiger charge is 2.01. The summed E-state index contributed by atoms with van der Waals surface area (Å²) in [5.74, 6) is -0.101. The van der Waals surface area contributed by atoms with E-state index >= 15 is 0 Å². The number of hydrogen-bond donors (Lipinski definition) is 4. The van der Waals surface area contributed by atoms with Gasteiger partial charge in [-0.15, -0.1) is 0 Å². The van der Waals surface area contributed by atoms with Gasteiger partial charge in [-0.25, -0.2) is 4.79 Å². The van der Waals surface area contributed by atoms with E-state index in [2.05, 4.69) is 20.7 Å². The number of carbonyl (C=O) groups excluding carboxylic acids is 1. The quantitative estimate of drug-likeness (QED) is 0.268. The van der Waals surface area contributed by atoms with Crippen molar-refractivity contribution >= 4 is 12.0 Å². The van der Waals surface area contributed by atoms with Gasteiger partial charge in [0.2, 0.25) is 10.8 Å². The van der Waals surface area contributed by atoms with Crippen molar-refractivity contribution in [1.82, 2.24) is 15.5 Å². The Kier molecular flexibility index (Phi) is 8.43. The summed E-state index contributed by atoms with van der Waals surface area (Å²) in [5.41, 5.74) is 6.38. The summed E-state index contributed by atoms with van der Waals surface area (Å²) in [4.78, 5) is 24.0. The molecule has 0 atom stereocenters. The molecule has 0 bridgehead atoms. The van der Waals surface area contributed by atoms with Crippen molar-refractivity contribution in [1.29, 1.82) is 5.53 Å². The number of nitrogens with zero attached hydrogens (tertiary/aromatic N) is 2. The maximum atomic E-state index is 11.1. The van der Waals surface area contributed by atoms with Crippen molar-refractivity contribution in [3.63, 3.8) is 0 Å². The molecule has 0 aliphatic heterocycles. The Morgan fingerprint density at radius 1 is 1.25 bits per heavy atom. The monoisotopic (exact) mass is 230 g/mol. The van der Waals surface area contributed by atoms with Crippen molar-refractivity contribution in [3.05, 3.63) is 0 Å². The maximum Gasteiger partial charge on any atom is 0.404 e. The average molecular weight is 230 g/mol. The normalized spacial score (nSPS) is 9.00. The summed E-state index contributed by atoms with van der Waals surface area (Å²) in [6.45, 7) is 1.14. The number of carboxylic acid groups (broad SMARTS) is 1. The topological polar surface area (TPSA) is 129 Å². The molecule has 0 aromatic carbocycles. The largest absolute Gasteiger partial charge is 0.465 e. The highest BCUT2D eigenvalue weighted by Crippen LogP contribution is 1.89. The molecule has 0 spiro atoms. The number of carbonyl (C=O) groups is 2. The van der Waals surface area contributed by atoms with Crippen LogP contribution < -0.4 is 15.5 Å². The third kappa shape index (κ3) is 10.1. The first-order chi connectivity index (χ1) is 7.66. The van der Waals surface area contributed by atoms with Crippen molar-refractivity contribution in [3.8, 4) is 0 Å². The van der Waals surface area contributed by atoms with Crippen molar-refractivity contribution in [2.75, 3.05) is 19.6 Å². The fraction of sp³-hybridized carbons (Fsp3) is 0.750. The summed E-state index contributed by atoms with van der Waals surface area (Å²) >= 11 is 0. The minimum absolute atomic E-state index is 0.101. The van der Waals surface area contributed by atoms with Crippen LogP contribution >= 0.6 is 0 Å². The van der Waals surface area contributed by atoms with Crippen LogP contribution in [0.5, 0.6) is 0 Å². The Morgan fingerprint density at radius 3 is 2.56 bits per heavy atom. The molecule has 0 radical (unpaired) electrons. The fourth-order valence-electron chi connectivity index (χ4n) is 0.960. The molecule has 2 amide bonds. The summed E-state index contributed by atoms with van der Waals surface area (Å²) in [7, 11) is 0. The molecule has 0 saturated heterocycles. The van der Waals surface area contributed by atoms with Gasteiger partial charge in [0.05, 0.1) is 0 Å². The lowest BCUT2D eigenvalue weighted by Crippen LogP contribution is -2.28. The zero-order valence-corrected chi connectivity index (χ0v) is 8.90. The number of rotatable bonds is 8. The Labute approximate surface area is 92.6 Å². The lowest BCUT2D eigenvalue weighted by Gasteiger charge is -2.03. The number of hydrogen-bond acceptors (Lipinski definition) is 4. The van der Waals surface area contributed by atoms with Crippen LogP contribution in [0.2, 0.25) is 0 Å². The third-order valence-electron chi connectivity index (χ3n) is 1.68. The van der Waals surface area contributed by atoms with Gasteiger partial charge in [0.1, 0.15) is 17.2 Å². The molecule has 0 fully saturated rings. The van der Waals surface area contributed by atoms with Gasteiger partial charge in [-0.1, -0.05) is 0 Å². The van der Waals surface area contributed by atoms with E-state index < -0.39 is 6.09 Å². The molecule has 0 heterocycles. The highest BCUT2D eigenvalue weighted by molar-refractivity contribution is 5.75. The number of amides is 2. The van der Waals surface area contributed by atoms with E-state index in [1.165, 1.54) is 0 Å². The van der Waals surface area contributed by atoms with E-state index in [-0.39, 0.29) is 5.91 Å². The molecule has 4 N–H and O–H groups in total. The minimum Gasteiger partial charge on any atom is -0.465 e. The Bertz CT molecular complexity index is 275. The molecule has 0 aromatic rings. The third-order valence-corrected chi connectivity index (χ3v) is 1.68. The van der Waals surface area contributed by atoms with Gasteiger partial charge in [0.15, 0.2) is 0 Å². The van der Waals surface area contributed by atoms with Gasteiger partial charge in [0, 0.05) is 19.5 Å². The molecule has 0 aromatic heterocycles. The van der Waals surface area contributed by atoms with Gasteiger partial charge in [0.25, 0.3) is 0 Å². The first-order valence-electron chi connectivity index (χ1n) is 4.93. The van der Waals surface area contributed by atoms with E-state index in [1.807, 2.05) is 0 Å². The summed E-state index contributed by atoms with van der Waals surface area (Å²) in [6, 6.07) is 0. The summed E-state index contributed by atoms with van der Waals surface area (Å²) in [5, 5.41) is 16.5. The van der Waals surface area contributed by atoms with E-state index in [9.17, 15) is 9.59 Å². The van der Waals surface area contributed by atoms with Crippen LogP contribution in [0.3, 0.4) is 0 Å². The van der Waals surface area contributed by atoms with E-state index in [1.54, 1.807) is 0 Å². The Hall–Kier alpha value is -1.95. The second-order valence-electron chi connectivity index (χ2n) is 3.00. The lowest BCUT2D eigenvalue weighted by atomic mass is 10.3. The first kappa shape index (κ1) is 14.1. The van der Waals surface area contributed by atoms with Crippen LogP contribution in [-0.4, -0.2) is 36.7 Å². The van der Waals surface area contributed by atoms with Crippen molar-refractivity contribution in [2.45, 2.75) is 19.3 Å². The van der Waals surface area contributed by atoms with Crippen LogP contribution in [0.4, 0.5) is 4.79 Å². The first-order valence-corrected chi connectivity index (χ1v) is 4.93. The highest BCUT2D eigenvalue weighted by atomic mass is 16.4. The summed E-state index contributed by atoms with van der Waals surface area (Å²) in [6.07, 6.45) is 0.393. The van der Waals surface area contributed by atoms with Crippen LogP contribution in [-0.2, 0) is 4.79 Å². The van der Waals surface area contributed by atoms with Gasteiger partial charge >= 0.3 is 6.09 Å². The van der Waals surface area contributed by atoms with E-state index in [4.69, 9.17) is 10.6 Å². The maximum absolute atomic E-state index is 11.1.